The van der Waals surface area contributed by atoms with Gasteiger partial charge in [0.1, 0.15) is 11.6 Å². The summed E-state index contributed by atoms with van der Waals surface area (Å²) in [5.74, 6) is 1.03. The van der Waals surface area contributed by atoms with Crippen LogP contribution in [-0.2, 0) is 11.3 Å². The number of morpholine rings is 1. The molecule has 4 rings (SSSR count). The summed E-state index contributed by atoms with van der Waals surface area (Å²) in [5.41, 5.74) is 2.58. The number of aryl methyl sites for hydroxylation is 1. The van der Waals surface area contributed by atoms with Gasteiger partial charge >= 0.3 is 0 Å². The fourth-order valence-corrected chi connectivity index (χ4v) is 3.71. The molecule has 3 heterocycles. The van der Waals surface area contributed by atoms with Crippen molar-refractivity contribution in [2.24, 2.45) is 0 Å². The number of anilines is 2. The first-order valence-electron chi connectivity index (χ1n) is 9.89. The van der Waals surface area contributed by atoms with E-state index in [4.69, 9.17) is 4.74 Å². The second-order valence-electron chi connectivity index (χ2n) is 7.55. The molecule has 8 heteroatoms. The number of halogens is 1. The van der Waals surface area contributed by atoms with Crippen molar-refractivity contribution in [3.63, 3.8) is 0 Å². The largest absolute Gasteiger partial charge is 0.375 e. The van der Waals surface area contributed by atoms with Gasteiger partial charge in [-0.15, -0.1) is 5.10 Å². The van der Waals surface area contributed by atoms with Gasteiger partial charge in [0, 0.05) is 36.6 Å². The molecule has 30 heavy (non-hydrogen) atoms. The molecule has 1 N–H and O–H groups in total. The molecule has 3 aromatic rings. The van der Waals surface area contributed by atoms with Gasteiger partial charge in [-0.2, -0.15) is 10.4 Å². The Hall–Kier alpha value is -3.31. The zero-order valence-corrected chi connectivity index (χ0v) is 17.2. The zero-order valence-electron chi connectivity index (χ0n) is 17.2. The van der Waals surface area contributed by atoms with Crippen molar-refractivity contribution < 1.29 is 9.13 Å². The third-order valence-electron chi connectivity index (χ3n) is 5.45. The Kier molecular flexibility index (Phi) is 5.46. The van der Waals surface area contributed by atoms with Gasteiger partial charge < -0.3 is 15.0 Å². The molecule has 0 bridgehead atoms. The van der Waals surface area contributed by atoms with Crippen LogP contribution in [0.1, 0.15) is 29.3 Å². The van der Waals surface area contributed by atoms with Crippen LogP contribution in [0.4, 0.5) is 16.0 Å². The summed E-state index contributed by atoms with van der Waals surface area (Å²) >= 11 is 0. The summed E-state index contributed by atoms with van der Waals surface area (Å²) in [5, 5.41) is 22.9. The first kappa shape index (κ1) is 20.0. The van der Waals surface area contributed by atoms with Crippen molar-refractivity contribution in [2.75, 3.05) is 29.9 Å². The first-order valence-corrected chi connectivity index (χ1v) is 9.89. The maximum Gasteiger partial charge on any atom is 0.157 e. The van der Waals surface area contributed by atoms with Crippen molar-refractivity contribution in [3.8, 4) is 6.07 Å². The highest BCUT2D eigenvalue weighted by atomic mass is 19.1. The topological polar surface area (TPSA) is 87.0 Å². The van der Waals surface area contributed by atoms with E-state index in [-0.39, 0.29) is 6.10 Å². The normalized spacial score (nSPS) is 16.5. The molecule has 0 amide bonds. The van der Waals surface area contributed by atoms with E-state index in [1.54, 1.807) is 0 Å². The van der Waals surface area contributed by atoms with Crippen LogP contribution in [0, 0.1) is 31.0 Å². The number of rotatable bonds is 4. The maximum absolute atomic E-state index is 13.9. The van der Waals surface area contributed by atoms with Crippen LogP contribution in [0.25, 0.3) is 10.8 Å². The van der Waals surface area contributed by atoms with E-state index in [1.807, 2.05) is 39.1 Å². The average molecular weight is 406 g/mol. The van der Waals surface area contributed by atoms with E-state index in [0.717, 1.165) is 40.9 Å². The lowest BCUT2D eigenvalue weighted by atomic mass is 10.0. The van der Waals surface area contributed by atoms with Gasteiger partial charge in [0.25, 0.3) is 0 Å². The highest BCUT2D eigenvalue weighted by Gasteiger charge is 2.19. The number of ether oxygens (including phenoxy) is 1. The summed E-state index contributed by atoms with van der Waals surface area (Å²) in [6, 6.07) is 6.74. The Balaban J connectivity index is 1.67. The van der Waals surface area contributed by atoms with Crippen LogP contribution in [0.3, 0.4) is 0 Å². The maximum atomic E-state index is 13.9. The lowest BCUT2D eigenvalue weighted by Gasteiger charge is -2.32. The second kappa shape index (κ2) is 8.20. The highest BCUT2D eigenvalue weighted by Crippen LogP contribution is 2.27. The number of nitrogens with one attached hydrogen (secondary N) is 1. The Morgan fingerprint density at radius 2 is 2.10 bits per heavy atom. The quantitative estimate of drug-likeness (QED) is 0.710. The second-order valence-corrected chi connectivity index (χ2v) is 7.55. The summed E-state index contributed by atoms with van der Waals surface area (Å²) < 4.78 is 19.5. The van der Waals surface area contributed by atoms with Crippen molar-refractivity contribution in [2.45, 2.75) is 33.4 Å². The smallest absolute Gasteiger partial charge is 0.157 e. The summed E-state index contributed by atoms with van der Waals surface area (Å²) in [6.07, 6.45) is 1.97. The molecular formula is C22H23FN6O. The van der Waals surface area contributed by atoms with Crippen LogP contribution >= 0.6 is 0 Å². The number of pyridine rings is 1. The van der Waals surface area contributed by atoms with E-state index < -0.39 is 5.82 Å². The van der Waals surface area contributed by atoms with Crippen LogP contribution < -0.4 is 10.2 Å². The minimum absolute atomic E-state index is 0.149. The minimum atomic E-state index is -0.429. The van der Waals surface area contributed by atoms with E-state index in [1.165, 1.54) is 12.1 Å². The van der Waals surface area contributed by atoms with Gasteiger partial charge in [-0.3, -0.25) is 0 Å². The number of nitriles is 1. The Morgan fingerprint density at radius 3 is 2.87 bits per heavy atom. The zero-order chi connectivity index (χ0) is 21.3. The third kappa shape index (κ3) is 3.89. The van der Waals surface area contributed by atoms with Gasteiger partial charge in [-0.25, -0.2) is 9.37 Å². The molecule has 1 aromatic carbocycles. The van der Waals surface area contributed by atoms with Crippen molar-refractivity contribution in [3.05, 3.63) is 52.6 Å². The van der Waals surface area contributed by atoms with Gasteiger partial charge in [0.15, 0.2) is 5.82 Å². The third-order valence-corrected chi connectivity index (χ3v) is 5.45. The SMILES string of the molecule is Cc1c(C#N)cc(F)cc1CNc1nnc(C)c2cnc(N3CCO[C@H](C)C3)cc12. The summed E-state index contributed by atoms with van der Waals surface area (Å²) in [4.78, 5) is 6.82. The number of aromatic nitrogens is 3. The van der Waals surface area contributed by atoms with E-state index in [2.05, 4.69) is 25.4 Å². The number of hydrogen-bond donors (Lipinski definition) is 1. The molecule has 0 saturated carbocycles. The number of benzene rings is 1. The first-order chi connectivity index (χ1) is 14.5. The predicted molar refractivity (Wildman–Crippen MR) is 113 cm³/mol. The molecule has 7 nitrogen and oxygen atoms in total. The van der Waals surface area contributed by atoms with Crippen LogP contribution in [0.2, 0.25) is 0 Å². The molecule has 1 aliphatic rings. The van der Waals surface area contributed by atoms with E-state index in [0.29, 0.717) is 30.1 Å². The van der Waals surface area contributed by atoms with Gasteiger partial charge in [0.2, 0.25) is 0 Å². The molecular weight excluding hydrogens is 383 g/mol. The van der Waals surface area contributed by atoms with Crippen molar-refractivity contribution >= 4 is 22.4 Å². The van der Waals surface area contributed by atoms with Crippen LogP contribution in [0.5, 0.6) is 0 Å². The molecule has 0 unspecified atom stereocenters. The number of fused-ring (bicyclic) bond motifs is 1. The molecule has 1 atom stereocenters. The minimum Gasteiger partial charge on any atom is -0.375 e. The molecule has 1 saturated heterocycles. The Morgan fingerprint density at radius 1 is 1.27 bits per heavy atom. The van der Waals surface area contributed by atoms with E-state index in [9.17, 15) is 9.65 Å². The fourth-order valence-electron chi connectivity index (χ4n) is 3.71. The molecule has 2 aromatic heterocycles. The Bertz CT molecular complexity index is 1140. The summed E-state index contributed by atoms with van der Waals surface area (Å²) in [6.45, 7) is 8.31. The standard InChI is InChI=1S/C22H23FN6O/c1-13-12-29(4-5-30-13)21-8-19-20(11-25-21)15(3)27-28-22(19)26-10-17-7-18(23)6-16(9-24)14(17)2/h6-8,11,13H,4-5,10,12H2,1-3H3,(H,26,28)/t13-/m1/s1. The predicted octanol–water partition coefficient (Wildman–Crippen LogP) is 3.49. The van der Waals surface area contributed by atoms with Gasteiger partial charge in [-0.05, 0) is 50.1 Å². The van der Waals surface area contributed by atoms with Crippen LogP contribution in [-0.4, -0.2) is 41.0 Å². The van der Waals surface area contributed by atoms with E-state index >= 15 is 0 Å². The van der Waals surface area contributed by atoms with Gasteiger partial charge in [-0.1, -0.05) is 0 Å². The fraction of sp³-hybridized carbons (Fsp3) is 0.364. The van der Waals surface area contributed by atoms with Crippen molar-refractivity contribution in [1.29, 1.82) is 5.26 Å². The number of nitrogens with zero attached hydrogens (tertiary/aromatic N) is 5. The molecule has 0 radical (unpaired) electrons. The molecule has 0 spiro atoms. The highest BCUT2D eigenvalue weighted by molar-refractivity contribution is 5.94. The molecule has 0 aliphatic carbocycles. The molecule has 1 fully saturated rings. The lowest BCUT2D eigenvalue weighted by Crippen LogP contribution is -2.41. The van der Waals surface area contributed by atoms with Crippen LogP contribution in [0.15, 0.2) is 24.4 Å². The average Bonchev–Trinajstić information content (AvgIpc) is 2.75. The Labute approximate surface area is 174 Å². The molecule has 1 aliphatic heterocycles. The summed E-state index contributed by atoms with van der Waals surface area (Å²) in [7, 11) is 0. The monoisotopic (exact) mass is 406 g/mol. The number of hydrogen-bond acceptors (Lipinski definition) is 7. The van der Waals surface area contributed by atoms with Crippen molar-refractivity contribution in [1.82, 2.24) is 15.2 Å². The van der Waals surface area contributed by atoms with Gasteiger partial charge in [0.05, 0.1) is 30.0 Å². The molecule has 154 valence electrons. The lowest BCUT2D eigenvalue weighted by molar-refractivity contribution is 0.0529.